The van der Waals surface area contributed by atoms with Crippen molar-refractivity contribution in [1.29, 1.82) is 0 Å². The first-order valence-corrected chi connectivity index (χ1v) is 11.7. The maximum absolute atomic E-state index is 13.3. The minimum absolute atomic E-state index is 0.0486. The summed E-state index contributed by atoms with van der Waals surface area (Å²) in [6.45, 7) is 7.81. The smallest absolute Gasteiger partial charge is 0.306 e. The Morgan fingerprint density at radius 1 is 1.30 bits per heavy atom. The van der Waals surface area contributed by atoms with E-state index in [0.717, 1.165) is 19.3 Å². The number of carboxylic acid groups (broad SMARTS) is 1. The lowest BCUT2D eigenvalue weighted by molar-refractivity contribution is -0.145. The number of aromatic nitrogens is 2. The summed E-state index contributed by atoms with van der Waals surface area (Å²) in [6, 6.07) is -0.0486. The molecule has 1 aromatic heterocycles. The molecule has 2 aliphatic carbocycles. The molecule has 3 rings (SSSR count). The van der Waals surface area contributed by atoms with Crippen molar-refractivity contribution in [2.24, 2.45) is 34.8 Å². The highest BCUT2D eigenvalue weighted by Gasteiger charge is 2.43. The fourth-order valence-electron chi connectivity index (χ4n) is 4.75. The molecule has 2 amide bonds. The molecule has 2 fully saturated rings. The van der Waals surface area contributed by atoms with Gasteiger partial charge in [-0.15, -0.1) is 0 Å². The van der Waals surface area contributed by atoms with Crippen molar-refractivity contribution in [3.8, 4) is 5.88 Å². The number of hydrogen-bond donors (Lipinski definition) is 3. The first kappa shape index (κ1) is 24.8. The lowest BCUT2D eigenvalue weighted by Gasteiger charge is -2.45. The molecule has 2 unspecified atom stereocenters. The number of nitrogens with two attached hydrogens (primary N) is 1. The fourth-order valence-corrected chi connectivity index (χ4v) is 4.75. The number of rotatable bonds is 9. The zero-order valence-electron chi connectivity index (χ0n) is 19.9. The molecule has 33 heavy (non-hydrogen) atoms. The highest BCUT2D eigenvalue weighted by atomic mass is 16.5. The topological polar surface area (TPSA) is 137 Å². The third kappa shape index (κ3) is 5.75. The summed E-state index contributed by atoms with van der Waals surface area (Å²) in [4.78, 5) is 36.5. The molecule has 0 spiro atoms. The summed E-state index contributed by atoms with van der Waals surface area (Å²) in [5, 5.41) is 16.9. The lowest BCUT2D eigenvalue weighted by atomic mass is 9.64. The molecule has 2 atom stereocenters. The molecule has 9 nitrogen and oxygen atoms in total. The number of amides is 2. The molecule has 1 heterocycles. The number of aliphatic carboxylic acids is 1. The molecule has 0 aliphatic heterocycles. The molecule has 2 saturated carbocycles. The molecule has 2 aliphatic rings. The summed E-state index contributed by atoms with van der Waals surface area (Å²) >= 11 is 0. The molecule has 1 aromatic rings. The van der Waals surface area contributed by atoms with Gasteiger partial charge in [0.2, 0.25) is 11.8 Å². The summed E-state index contributed by atoms with van der Waals surface area (Å²) < 4.78 is 7.39. The van der Waals surface area contributed by atoms with E-state index in [-0.39, 0.29) is 35.6 Å². The van der Waals surface area contributed by atoms with Crippen LogP contribution in [-0.2, 0) is 9.59 Å². The van der Waals surface area contributed by atoms with Gasteiger partial charge in [-0.25, -0.2) is 4.68 Å². The number of primary amides is 1. The highest BCUT2D eigenvalue weighted by Crippen LogP contribution is 2.43. The Morgan fingerprint density at radius 2 is 1.94 bits per heavy atom. The minimum Gasteiger partial charge on any atom is -0.481 e. The molecule has 182 valence electrons. The third-order valence-electron chi connectivity index (χ3n) is 6.80. The maximum atomic E-state index is 13.3. The minimum atomic E-state index is -0.885. The average molecular weight is 461 g/mol. The van der Waals surface area contributed by atoms with Crippen LogP contribution in [-0.4, -0.2) is 45.3 Å². The van der Waals surface area contributed by atoms with Crippen LogP contribution in [0.2, 0.25) is 0 Å². The van der Waals surface area contributed by atoms with Crippen LogP contribution >= 0.6 is 0 Å². The summed E-state index contributed by atoms with van der Waals surface area (Å²) in [5.74, 6) is -0.964. The van der Waals surface area contributed by atoms with E-state index in [1.165, 1.54) is 10.9 Å². The van der Waals surface area contributed by atoms with Crippen LogP contribution in [0.3, 0.4) is 0 Å². The van der Waals surface area contributed by atoms with Crippen molar-refractivity contribution in [3.05, 3.63) is 17.8 Å². The van der Waals surface area contributed by atoms with E-state index in [0.29, 0.717) is 30.9 Å². The molecule has 0 aromatic carbocycles. The molecule has 9 heteroatoms. The molecule has 0 saturated heterocycles. The van der Waals surface area contributed by atoms with E-state index in [9.17, 15) is 19.5 Å². The quantitative estimate of drug-likeness (QED) is 0.518. The molecular weight excluding hydrogens is 424 g/mol. The number of nitrogens with one attached hydrogen (secondary N) is 1. The Kier molecular flexibility index (Phi) is 7.49. The number of fused-ring (bicyclic) bond motifs is 2. The zero-order valence-corrected chi connectivity index (χ0v) is 19.9. The number of carbonyl (C=O) groups is 3. The van der Waals surface area contributed by atoms with Crippen LogP contribution in [0.5, 0.6) is 5.88 Å². The monoisotopic (exact) mass is 460 g/mol. The van der Waals surface area contributed by atoms with Crippen molar-refractivity contribution in [2.45, 2.75) is 65.8 Å². The van der Waals surface area contributed by atoms with Crippen LogP contribution in [0.15, 0.2) is 12.3 Å². The van der Waals surface area contributed by atoms with Gasteiger partial charge in [0, 0.05) is 12.2 Å². The van der Waals surface area contributed by atoms with Gasteiger partial charge in [-0.1, -0.05) is 26.3 Å². The van der Waals surface area contributed by atoms with Gasteiger partial charge in [-0.2, -0.15) is 5.10 Å². The van der Waals surface area contributed by atoms with Crippen LogP contribution in [0.1, 0.15) is 70.2 Å². The molecule has 0 radical (unpaired) electrons. The SMILES string of the molecule is CC(C)COc1c(C(=O)NC2C3CCCC2CC(C(=O)O)C3)cnn1/C=C/C(C)(C)C(N)=O. The van der Waals surface area contributed by atoms with Crippen molar-refractivity contribution in [3.63, 3.8) is 0 Å². The van der Waals surface area contributed by atoms with Gasteiger partial charge >= 0.3 is 5.97 Å². The van der Waals surface area contributed by atoms with Crippen molar-refractivity contribution in [2.75, 3.05) is 6.61 Å². The van der Waals surface area contributed by atoms with Crippen molar-refractivity contribution < 1.29 is 24.2 Å². The van der Waals surface area contributed by atoms with Gasteiger partial charge in [0.05, 0.1) is 24.1 Å². The Bertz CT molecular complexity index is 906. The zero-order chi connectivity index (χ0) is 24.3. The number of carboxylic acids is 1. The average Bonchev–Trinajstić information content (AvgIpc) is 3.13. The van der Waals surface area contributed by atoms with E-state index >= 15 is 0 Å². The largest absolute Gasteiger partial charge is 0.481 e. The predicted octanol–water partition coefficient (Wildman–Crippen LogP) is 2.91. The maximum Gasteiger partial charge on any atom is 0.306 e. The highest BCUT2D eigenvalue weighted by molar-refractivity contribution is 5.96. The number of nitrogens with zero attached hydrogens (tertiary/aromatic N) is 2. The Hall–Kier alpha value is -2.84. The second-order valence-corrected chi connectivity index (χ2v) is 10.4. The summed E-state index contributed by atoms with van der Waals surface area (Å²) in [5.41, 5.74) is 4.88. The second kappa shape index (κ2) is 9.97. The number of hydrogen-bond acceptors (Lipinski definition) is 5. The lowest BCUT2D eigenvalue weighted by Crippen LogP contribution is -2.52. The van der Waals surface area contributed by atoms with Crippen LogP contribution in [0.25, 0.3) is 6.20 Å². The first-order valence-electron chi connectivity index (χ1n) is 11.7. The fraction of sp³-hybridized carbons (Fsp3) is 0.667. The summed E-state index contributed by atoms with van der Waals surface area (Å²) in [6.07, 6.45) is 8.78. The van der Waals surface area contributed by atoms with E-state index in [2.05, 4.69) is 10.4 Å². The van der Waals surface area contributed by atoms with E-state index in [1.807, 2.05) is 13.8 Å². The normalized spacial score (nSPS) is 25.2. The molecule has 2 bridgehead atoms. The van der Waals surface area contributed by atoms with Crippen molar-refractivity contribution in [1.82, 2.24) is 15.1 Å². The molecule has 4 N–H and O–H groups in total. The summed E-state index contributed by atoms with van der Waals surface area (Å²) in [7, 11) is 0. The van der Waals surface area contributed by atoms with Gasteiger partial charge in [0.1, 0.15) is 5.56 Å². The predicted molar refractivity (Wildman–Crippen MR) is 123 cm³/mol. The van der Waals surface area contributed by atoms with Crippen LogP contribution < -0.4 is 15.8 Å². The first-order chi connectivity index (χ1) is 15.5. The van der Waals surface area contributed by atoms with E-state index < -0.39 is 17.3 Å². The standard InChI is InChI=1S/C24H36N4O5/c1-14(2)13-33-21-18(12-26-28(21)9-8-24(3,4)23(25)32)20(29)27-19-15-6-5-7-16(19)11-17(10-15)22(30)31/h8-9,12,14-17,19H,5-7,10-11,13H2,1-4H3,(H2,25,32)(H,27,29)(H,30,31)/b9-8+. The van der Waals surface area contributed by atoms with Crippen LogP contribution in [0.4, 0.5) is 0 Å². The Labute approximate surface area is 194 Å². The third-order valence-corrected chi connectivity index (χ3v) is 6.80. The van der Waals surface area contributed by atoms with Gasteiger partial charge in [-0.05, 0) is 57.3 Å². The van der Waals surface area contributed by atoms with Crippen molar-refractivity contribution >= 4 is 24.0 Å². The van der Waals surface area contributed by atoms with Gasteiger partial charge < -0.3 is 20.9 Å². The number of carbonyl (C=O) groups excluding carboxylic acids is 2. The second-order valence-electron chi connectivity index (χ2n) is 10.4. The Morgan fingerprint density at radius 3 is 2.48 bits per heavy atom. The molecular formula is C24H36N4O5. The Balaban J connectivity index is 1.82. The van der Waals surface area contributed by atoms with Gasteiger partial charge in [0.15, 0.2) is 0 Å². The number of ether oxygens (including phenoxy) is 1. The van der Waals surface area contributed by atoms with Gasteiger partial charge in [-0.3, -0.25) is 14.4 Å². The van der Waals surface area contributed by atoms with E-state index in [1.54, 1.807) is 26.1 Å². The van der Waals surface area contributed by atoms with Gasteiger partial charge in [0.25, 0.3) is 5.91 Å². The van der Waals surface area contributed by atoms with Crippen LogP contribution in [0, 0.1) is 29.1 Å². The van der Waals surface area contributed by atoms with E-state index in [4.69, 9.17) is 10.5 Å².